The normalized spacial score (nSPS) is 12.3. The molecule has 2 aromatic rings. The highest BCUT2D eigenvalue weighted by Gasteiger charge is 2.07. The largest absolute Gasteiger partial charge is 0.494 e. The first kappa shape index (κ1) is 22.1. The van der Waals surface area contributed by atoms with Crippen molar-refractivity contribution in [2.75, 3.05) is 18.5 Å². The van der Waals surface area contributed by atoms with Crippen molar-refractivity contribution in [3.63, 3.8) is 0 Å². The van der Waals surface area contributed by atoms with Crippen LogP contribution in [0.4, 0.5) is 0 Å². The van der Waals surface area contributed by atoms with Crippen LogP contribution in [0.15, 0.2) is 36.4 Å². The summed E-state index contributed by atoms with van der Waals surface area (Å²) in [6, 6.07) is 12.7. The maximum absolute atomic E-state index is 6.07. The van der Waals surface area contributed by atoms with Gasteiger partial charge in [-0.3, -0.25) is 0 Å². The van der Waals surface area contributed by atoms with Crippen molar-refractivity contribution in [1.82, 2.24) is 0 Å². The molecule has 0 aliphatic carbocycles. The van der Waals surface area contributed by atoms with Gasteiger partial charge in [0.15, 0.2) is 0 Å². The van der Waals surface area contributed by atoms with Crippen LogP contribution in [0, 0.1) is 5.92 Å². The number of alkyl halides is 1. The summed E-state index contributed by atoms with van der Waals surface area (Å²) in [5.41, 5.74) is 0. The van der Waals surface area contributed by atoms with E-state index in [0.717, 1.165) is 36.5 Å². The van der Waals surface area contributed by atoms with Gasteiger partial charge in [-0.1, -0.05) is 74.0 Å². The van der Waals surface area contributed by atoms with Crippen molar-refractivity contribution in [2.45, 2.75) is 65.2 Å². The van der Waals surface area contributed by atoms with Crippen LogP contribution >= 0.6 is 15.9 Å². The summed E-state index contributed by atoms with van der Waals surface area (Å²) in [6.07, 6.45) is 9.87. The summed E-state index contributed by atoms with van der Waals surface area (Å²) in [6.45, 7) is 6.12. The number of hydrogen-bond donors (Lipinski definition) is 0. The van der Waals surface area contributed by atoms with Gasteiger partial charge in [0.1, 0.15) is 11.5 Å². The fourth-order valence-corrected chi connectivity index (χ4v) is 3.63. The van der Waals surface area contributed by atoms with E-state index in [4.69, 9.17) is 9.47 Å². The van der Waals surface area contributed by atoms with Crippen molar-refractivity contribution < 1.29 is 9.47 Å². The SMILES string of the molecule is CCCCC(CC)COc1ccc2cc(OCCCCCCBr)ccc2c1. The van der Waals surface area contributed by atoms with E-state index < -0.39 is 0 Å². The Morgan fingerprint density at radius 2 is 1.48 bits per heavy atom. The van der Waals surface area contributed by atoms with Crippen LogP contribution in [0.3, 0.4) is 0 Å². The Bertz CT molecular complexity index is 656. The lowest BCUT2D eigenvalue weighted by atomic mass is 10.0. The Hall–Kier alpha value is -1.22. The van der Waals surface area contributed by atoms with Crippen LogP contribution in [0.1, 0.15) is 65.2 Å². The van der Waals surface area contributed by atoms with E-state index in [-0.39, 0.29) is 0 Å². The third-order valence-corrected chi connectivity index (χ3v) is 5.67. The van der Waals surface area contributed by atoms with E-state index >= 15 is 0 Å². The van der Waals surface area contributed by atoms with E-state index in [2.05, 4.69) is 66.2 Å². The Balaban J connectivity index is 1.85. The summed E-state index contributed by atoms with van der Waals surface area (Å²) in [5, 5.41) is 3.51. The molecule has 0 radical (unpaired) electrons. The van der Waals surface area contributed by atoms with Gasteiger partial charge in [-0.05, 0) is 60.2 Å². The molecule has 0 fully saturated rings. The highest BCUT2D eigenvalue weighted by Crippen LogP contribution is 2.26. The molecule has 150 valence electrons. The van der Waals surface area contributed by atoms with Gasteiger partial charge in [-0.15, -0.1) is 0 Å². The number of benzene rings is 2. The molecular weight excluding hydrogens is 400 g/mol. The van der Waals surface area contributed by atoms with Crippen molar-refractivity contribution in [3.05, 3.63) is 36.4 Å². The van der Waals surface area contributed by atoms with E-state index in [1.54, 1.807) is 0 Å². The second-order valence-electron chi connectivity index (χ2n) is 7.35. The zero-order valence-corrected chi connectivity index (χ0v) is 18.6. The molecule has 0 heterocycles. The molecule has 0 N–H and O–H groups in total. The van der Waals surface area contributed by atoms with Gasteiger partial charge in [0, 0.05) is 5.33 Å². The average molecular weight is 435 g/mol. The number of rotatable bonds is 14. The maximum atomic E-state index is 6.07. The first-order chi connectivity index (χ1) is 13.3. The monoisotopic (exact) mass is 434 g/mol. The summed E-state index contributed by atoms with van der Waals surface area (Å²) >= 11 is 3.47. The molecule has 2 nitrogen and oxygen atoms in total. The summed E-state index contributed by atoms with van der Waals surface area (Å²) < 4.78 is 12.0. The zero-order valence-electron chi connectivity index (χ0n) is 17.0. The van der Waals surface area contributed by atoms with Crippen LogP contribution < -0.4 is 9.47 Å². The fraction of sp³-hybridized carbons (Fsp3) is 0.583. The topological polar surface area (TPSA) is 18.5 Å². The van der Waals surface area contributed by atoms with Crippen LogP contribution in [0.2, 0.25) is 0 Å². The fourth-order valence-electron chi connectivity index (χ4n) is 3.23. The predicted octanol–water partition coefficient (Wildman–Crippen LogP) is 7.77. The minimum atomic E-state index is 0.658. The molecule has 0 aliphatic heterocycles. The molecule has 0 aromatic heterocycles. The van der Waals surface area contributed by atoms with Crippen molar-refractivity contribution in [1.29, 1.82) is 0 Å². The third kappa shape index (κ3) is 8.13. The molecule has 1 unspecified atom stereocenters. The average Bonchev–Trinajstić information content (AvgIpc) is 2.70. The van der Waals surface area contributed by atoms with Crippen molar-refractivity contribution >= 4 is 26.7 Å². The molecule has 27 heavy (non-hydrogen) atoms. The number of unbranched alkanes of at least 4 members (excludes halogenated alkanes) is 4. The zero-order chi connectivity index (χ0) is 19.3. The second kappa shape index (κ2) is 13.0. The molecule has 0 aliphatic rings. The predicted molar refractivity (Wildman–Crippen MR) is 121 cm³/mol. The lowest BCUT2D eigenvalue weighted by molar-refractivity contribution is 0.233. The van der Waals surface area contributed by atoms with Gasteiger partial charge >= 0.3 is 0 Å². The number of fused-ring (bicyclic) bond motifs is 1. The molecular formula is C24H35BrO2. The molecule has 1 atom stereocenters. The number of halogens is 1. The van der Waals surface area contributed by atoms with E-state index in [1.807, 2.05) is 0 Å². The van der Waals surface area contributed by atoms with Crippen LogP contribution in [-0.2, 0) is 0 Å². The molecule has 0 saturated carbocycles. The molecule has 2 rings (SSSR count). The Labute approximate surface area is 173 Å². The molecule has 2 aromatic carbocycles. The van der Waals surface area contributed by atoms with Gasteiger partial charge in [-0.2, -0.15) is 0 Å². The van der Waals surface area contributed by atoms with Gasteiger partial charge in [0.05, 0.1) is 13.2 Å². The van der Waals surface area contributed by atoms with E-state index in [9.17, 15) is 0 Å². The Morgan fingerprint density at radius 3 is 2.11 bits per heavy atom. The lowest BCUT2D eigenvalue weighted by Gasteiger charge is -2.16. The highest BCUT2D eigenvalue weighted by molar-refractivity contribution is 9.09. The number of ether oxygens (including phenoxy) is 2. The third-order valence-electron chi connectivity index (χ3n) is 5.11. The molecule has 3 heteroatoms. The molecule has 0 saturated heterocycles. The Kier molecular flexibility index (Phi) is 10.7. The smallest absolute Gasteiger partial charge is 0.119 e. The molecule has 0 bridgehead atoms. The summed E-state index contributed by atoms with van der Waals surface area (Å²) in [5.74, 6) is 2.59. The van der Waals surface area contributed by atoms with Gasteiger partial charge in [0.25, 0.3) is 0 Å². The quantitative estimate of drug-likeness (QED) is 0.223. The van der Waals surface area contributed by atoms with E-state index in [0.29, 0.717) is 5.92 Å². The van der Waals surface area contributed by atoms with Gasteiger partial charge in [0.2, 0.25) is 0 Å². The second-order valence-corrected chi connectivity index (χ2v) is 8.14. The standard InChI is InChI=1S/C24H35BrO2/c1-3-5-10-20(4-2)19-27-24-14-12-21-17-23(13-11-22(21)18-24)26-16-9-7-6-8-15-25/h11-14,17-18,20H,3-10,15-16,19H2,1-2H3. The van der Waals surface area contributed by atoms with Crippen LogP contribution in [-0.4, -0.2) is 18.5 Å². The van der Waals surface area contributed by atoms with Gasteiger partial charge < -0.3 is 9.47 Å². The van der Waals surface area contributed by atoms with Gasteiger partial charge in [-0.25, -0.2) is 0 Å². The first-order valence-electron chi connectivity index (χ1n) is 10.6. The molecule has 0 spiro atoms. The maximum Gasteiger partial charge on any atom is 0.119 e. The minimum Gasteiger partial charge on any atom is -0.494 e. The van der Waals surface area contributed by atoms with Crippen molar-refractivity contribution in [2.24, 2.45) is 5.92 Å². The summed E-state index contributed by atoms with van der Waals surface area (Å²) in [4.78, 5) is 0. The van der Waals surface area contributed by atoms with Crippen molar-refractivity contribution in [3.8, 4) is 11.5 Å². The van der Waals surface area contributed by atoms with E-state index in [1.165, 1.54) is 55.7 Å². The highest BCUT2D eigenvalue weighted by atomic mass is 79.9. The number of hydrogen-bond acceptors (Lipinski definition) is 2. The first-order valence-corrected chi connectivity index (χ1v) is 11.7. The Morgan fingerprint density at radius 1 is 0.815 bits per heavy atom. The van der Waals surface area contributed by atoms with Crippen LogP contribution in [0.25, 0.3) is 10.8 Å². The lowest BCUT2D eigenvalue weighted by Crippen LogP contribution is -2.11. The minimum absolute atomic E-state index is 0.658. The molecule has 0 amide bonds. The summed E-state index contributed by atoms with van der Waals surface area (Å²) in [7, 11) is 0. The van der Waals surface area contributed by atoms with Crippen LogP contribution in [0.5, 0.6) is 11.5 Å².